The lowest BCUT2D eigenvalue weighted by Gasteiger charge is -2.34. The SMILES string of the molecule is CCOC(=O)COCCN1CCN(CCO)CC1. The van der Waals surface area contributed by atoms with Crippen LogP contribution in [-0.4, -0.2) is 86.6 Å². The molecular formula is C12H24N2O4. The minimum atomic E-state index is -0.301. The molecule has 1 fully saturated rings. The van der Waals surface area contributed by atoms with Gasteiger partial charge >= 0.3 is 5.97 Å². The molecular weight excluding hydrogens is 236 g/mol. The van der Waals surface area contributed by atoms with E-state index in [1.807, 2.05) is 0 Å². The normalized spacial score (nSPS) is 17.9. The van der Waals surface area contributed by atoms with Crippen LogP contribution in [0.2, 0.25) is 0 Å². The summed E-state index contributed by atoms with van der Waals surface area (Å²) in [6.45, 7) is 8.54. The van der Waals surface area contributed by atoms with Crippen molar-refractivity contribution in [3.63, 3.8) is 0 Å². The summed E-state index contributed by atoms with van der Waals surface area (Å²) in [6, 6.07) is 0. The fraction of sp³-hybridized carbons (Fsp3) is 0.917. The van der Waals surface area contributed by atoms with Gasteiger partial charge in [0, 0.05) is 39.3 Å². The number of hydrogen-bond donors (Lipinski definition) is 1. The molecule has 0 aliphatic carbocycles. The van der Waals surface area contributed by atoms with Crippen molar-refractivity contribution in [1.29, 1.82) is 0 Å². The van der Waals surface area contributed by atoms with Gasteiger partial charge in [0.1, 0.15) is 6.61 Å². The summed E-state index contributed by atoms with van der Waals surface area (Å²) in [6.07, 6.45) is 0. The smallest absolute Gasteiger partial charge is 0.332 e. The molecule has 0 aromatic rings. The van der Waals surface area contributed by atoms with Crippen LogP contribution in [-0.2, 0) is 14.3 Å². The van der Waals surface area contributed by atoms with Crippen molar-refractivity contribution in [2.75, 3.05) is 65.7 Å². The fourth-order valence-electron chi connectivity index (χ4n) is 1.93. The lowest BCUT2D eigenvalue weighted by Crippen LogP contribution is -2.48. The van der Waals surface area contributed by atoms with Crippen LogP contribution in [0.3, 0.4) is 0 Å². The Morgan fingerprint density at radius 1 is 1.17 bits per heavy atom. The monoisotopic (exact) mass is 260 g/mol. The van der Waals surface area contributed by atoms with Crippen LogP contribution in [0, 0.1) is 0 Å². The molecule has 0 bridgehead atoms. The predicted molar refractivity (Wildman–Crippen MR) is 67.4 cm³/mol. The summed E-state index contributed by atoms with van der Waals surface area (Å²) >= 11 is 0. The van der Waals surface area contributed by atoms with E-state index in [4.69, 9.17) is 14.6 Å². The Bertz CT molecular complexity index is 230. The summed E-state index contributed by atoms with van der Waals surface area (Å²) in [4.78, 5) is 15.6. The lowest BCUT2D eigenvalue weighted by molar-refractivity contribution is -0.148. The Morgan fingerprint density at radius 3 is 2.33 bits per heavy atom. The number of ether oxygens (including phenoxy) is 2. The van der Waals surface area contributed by atoms with Crippen molar-refractivity contribution < 1.29 is 19.4 Å². The summed E-state index contributed by atoms with van der Waals surface area (Å²) in [5.41, 5.74) is 0. The molecule has 0 amide bonds. The number of hydrogen-bond acceptors (Lipinski definition) is 6. The van der Waals surface area contributed by atoms with E-state index < -0.39 is 0 Å². The van der Waals surface area contributed by atoms with Crippen molar-refractivity contribution in [3.8, 4) is 0 Å². The number of aliphatic hydroxyl groups excluding tert-OH is 1. The molecule has 0 aromatic carbocycles. The molecule has 0 aromatic heterocycles. The fourth-order valence-corrected chi connectivity index (χ4v) is 1.93. The zero-order chi connectivity index (χ0) is 13.2. The van der Waals surface area contributed by atoms with E-state index in [9.17, 15) is 4.79 Å². The van der Waals surface area contributed by atoms with Gasteiger partial charge in [-0.25, -0.2) is 4.79 Å². The van der Waals surface area contributed by atoms with Crippen LogP contribution in [0.1, 0.15) is 6.92 Å². The number of carbonyl (C=O) groups excluding carboxylic acids is 1. The quantitative estimate of drug-likeness (QED) is 0.454. The predicted octanol–water partition coefficient (Wildman–Crippen LogP) is -0.824. The molecule has 1 rings (SSSR count). The van der Waals surface area contributed by atoms with Gasteiger partial charge in [0.05, 0.1) is 19.8 Å². The zero-order valence-corrected chi connectivity index (χ0v) is 11.1. The third-order valence-electron chi connectivity index (χ3n) is 2.96. The number of aliphatic hydroxyl groups is 1. The number of β-amino-alcohol motifs (C(OH)–C–C–N with tert-alkyl or cyclic N) is 1. The van der Waals surface area contributed by atoms with E-state index in [-0.39, 0.29) is 19.2 Å². The molecule has 6 heteroatoms. The molecule has 1 heterocycles. The second-order valence-electron chi connectivity index (χ2n) is 4.26. The van der Waals surface area contributed by atoms with Crippen molar-refractivity contribution in [1.82, 2.24) is 9.80 Å². The van der Waals surface area contributed by atoms with Crippen LogP contribution < -0.4 is 0 Å². The molecule has 6 nitrogen and oxygen atoms in total. The third-order valence-corrected chi connectivity index (χ3v) is 2.96. The van der Waals surface area contributed by atoms with Gasteiger partial charge in [-0.1, -0.05) is 0 Å². The summed E-state index contributed by atoms with van der Waals surface area (Å²) in [7, 11) is 0. The van der Waals surface area contributed by atoms with Gasteiger partial charge in [-0.2, -0.15) is 0 Å². The first-order valence-electron chi connectivity index (χ1n) is 6.55. The van der Waals surface area contributed by atoms with E-state index >= 15 is 0 Å². The standard InChI is InChI=1S/C12H24N2O4/c1-2-18-12(16)11-17-10-8-14-5-3-13(4-6-14)7-9-15/h15H,2-11H2,1H3. The Morgan fingerprint density at radius 2 is 1.78 bits per heavy atom. The molecule has 1 saturated heterocycles. The highest BCUT2D eigenvalue weighted by Gasteiger charge is 2.15. The maximum atomic E-state index is 11.0. The third kappa shape index (κ3) is 6.30. The molecule has 1 N–H and O–H groups in total. The highest BCUT2D eigenvalue weighted by Crippen LogP contribution is 2.00. The van der Waals surface area contributed by atoms with Crippen molar-refractivity contribution in [2.45, 2.75) is 6.92 Å². The van der Waals surface area contributed by atoms with Crippen LogP contribution >= 0.6 is 0 Å². The summed E-state index contributed by atoms with van der Waals surface area (Å²) < 4.78 is 10.0. The molecule has 18 heavy (non-hydrogen) atoms. The van der Waals surface area contributed by atoms with Crippen molar-refractivity contribution >= 4 is 5.97 Å². The number of rotatable bonds is 8. The number of carbonyl (C=O) groups is 1. The van der Waals surface area contributed by atoms with Gasteiger partial charge in [-0.05, 0) is 6.92 Å². The van der Waals surface area contributed by atoms with E-state index in [0.29, 0.717) is 13.2 Å². The second kappa shape index (κ2) is 9.27. The number of piperazine rings is 1. The molecule has 0 saturated carbocycles. The second-order valence-corrected chi connectivity index (χ2v) is 4.26. The lowest BCUT2D eigenvalue weighted by atomic mass is 10.3. The van der Waals surface area contributed by atoms with E-state index in [0.717, 1.165) is 39.3 Å². The largest absolute Gasteiger partial charge is 0.464 e. The number of nitrogens with zero attached hydrogens (tertiary/aromatic N) is 2. The average Bonchev–Trinajstić information content (AvgIpc) is 2.37. The van der Waals surface area contributed by atoms with E-state index in [1.54, 1.807) is 6.92 Å². The van der Waals surface area contributed by atoms with E-state index in [2.05, 4.69) is 9.80 Å². The van der Waals surface area contributed by atoms with Gasteiger partial charge in [-0.15, -0.1) is 0 Å². The van der Waals surface area contributed by atoms with Gasteiger partial charge in [0.15, 0.2) is 0 Å². The maximum Gasteiger partial charge on any atom is 0.332 e. The molecule has 0 spiro atoms. The maximum absolute atomic E-state index is 11.0. The summed E-state index contributed by atoms with van der Waals surface area (Å²) in [5, 5.41) is 8.83. The Hall–Kier alpha value is -0.690. The minimum absolute atomic E-state index is 0.0400. The zero-order valence-electron chi connectivity index (χ0n) is 11.1. The first-order valence-corrected chi connectivity index (χ1v) is 6.55. The van der Waals surface area contributed by atoms with Crippen molar-refractivity contribution in [2.24, 2.45) is 0 Å². The van der Waals surface area contributed by atoms with Crippen LogP contribution in [0.25, 0.3) is 0 Å². The Kier molecular flexibility index (Phi) is 7.91. The van der Waals surface area contributed by atoms with Crippen LogP contribution in [0.15, 0.2) is 0 Å². The Balaban J connectivity index is 1.99. The van der Waals surface area contributed by atoms with Gasteiger partial charge in [0.2, 0.25) is 0 Å². The Labute approximate surface area is 108 Å². The average molecular weight is 260 g/mol. The van der Waals surface area contributed by atoms with Crippen LogP contribution in [0.5, 0.6) is 0 Å². The van der Waals surface area contributed by atoms with Crippen molar-refractivity contribution in [3.05, 3.63) is 0 Å². The first-order chi connectivity index (χ1) is 8.76. The van der Waals surface area contributed by atoms with Gasteiger partial charge in [0.25, 0.3) is 0 Å². The highest BCUT2D eigenvalue weighted by atomic mass is 16.6. The summed E-state index contributed by atoms with van der Waals surface area (Å²) in [5.74, 6) is -0.301. The molecule has 0 atom stereocenters. The molecule has 0 radical (unpaired) electrons. The number of esters is 1. The van der Waals surface area contributed by atoms with Gasteiger partial charge < -0.3 is 14.6 Å². The molecule has 1 aliphatic rings. The molecule has 106 valence electrons. The first kappa shape index (κ1) is 15.4. The molecule has 1 aliphatic heterocycles. The highest BCUT2D eigenvalue weighted by molar-refractivity contribution is 5.70. The molecule has 0 unspecified atom stereocenters. The minimum Gasteiger partial charge on any atom is -0.464 e. The van der Waals surface area contributed by atoms with Gasteiger partial charge in [-0.3, -0.25) is 9.80 Å². The van der Waals surface area contributed by atoms with Crippen LogP contribution in [0.4, 0.5) is 0 Å². The topological polar surface area (TPSA) is 62.2 Å². The van der Waals surface area contributed by atoms with E-state index in [1.165, 1.54) is 0 Å².